The number of rotatable bonds is 5. The van der Waals surface area contributed by atoms with E-state index in [0.29, 0.717) is 0 Å². The molecule has 4 N–H and O–H groups in total. The minimum atomic E-state index is -0.210. The lowest BCUT2D eigenvalue weighted by molar-refractivity contribution is -0.596. The molecule has 0 bridgehead atoms. The van der Waals surface area contributed by atoms with E-state index in [9.17, 15) is 0 Å². The summed E-state index contributed by atoms with van der Waals surface area (Å²) < 4.78 is 4.16. The van der Waals surface area contributed by atoms with Crippen LogP contribution >= 0.6 is 0 Å². The Bertz CT molecular complexity index is 1340. The van der Waals surface area contributed by atoms with E-state index in [-0.39, 0.29) is 12.0 Å². The van der Waals surface area contributed by atoms with Crippen LogP contribution in [0.15, 0.2) is 140 Å². The summed E-state index contributed by atoms with van der Waals surface area (Å²) in [5.74, 6) is -0.0148. The fraction of sp³-hybridized carbons (Fsp3) is 0.0667. The van der Waals surface area contributed by atoms with Gasteiger partial charge in [-0.25, -0.2) is 0 Å². The van der Waals surface area contributed by atoms with Gasteiger partial charge in [0, 0.05) is 71.8 Å². The third-order valence-electron chi connectivity index (χ3n) is 6.25. The average Bonchev–Trinajstić information content (AvgIpc) is 2.93. The summed E-state index contributed by atoms with van der Waals surface area (Å²) in [5, 5.41) is 0. The second-order valence-electron chi connectivity index (χ2n) is 8.37. The van der Waals surface area contributed by atoms with E-state index in [1.54, 1.807) is 0 Å². The molecule has 0 amide bonds. The smallest absolute Gasteiger partial charge is 0.210 e. The molecule has 2 atom stereocenters. The number of hydrogen-bond donors (Lipinski definition) is 2. The molecule has 0 spiro atoms. The van der Waals surface area contributed by atoms with Crippen LogP contribution in [0.2, 0.25) is 0 Å². The predicted molar refractivity (Wildman–Crippen MR) is 136 cm³/mol. The van der Waals surface area contributed by atoms with Crippen molar-refractivity contribution >= 4 is 5.70 Å². The van der Waals surface area contributed by atoms with Gasteiger partial charge >= 0.3 is 0 Å². The molecule has 2 heterocycles. The first-order valence-electron chi connectivity index (χ1n) is 11.4. The number of pyridine rings is 2. The van der Waals surface area contributed by atoms with Crippen molar-refractivity contribution in [2.24, 2.45) is 17.4 Å². The van der Waals surface area contributed by atoms with Crippen molar-refractivity contribution in [2.75, 3.05) is 0 Å². The zero-order valence-corrected chi connectivity index (χ0v) is 18.9. The van der Waals surface area contributed by atoms with Crippen molar-refractivity contribution in [3.05, 3.63) is 151 Å². The van der Waals surface area contributed by atoms with E-state index in [1.165, 1.54) is 0 Å². The Morgan fingerprint density at radius 3 is 1.76 bits per heavy atom. The fourth-order valence-electron chi connectivity index (χ4n) is 4.33. The largest absolute Gasteiger partial charge is 0.398 e. The number of aromatic nitrogens is 2. The molecule has 2 unspecified atom stereocenters. The van der Waals surface area contributed by atoms with Crippen molar-refractivity contribution in [1.82, 2.24) is 0 Å². The summed E-state index contributed by atoms with van der Waals surface area (Å²) in [6, 6.07) is 28.5. The van der Waals surface area contributed by atoms with Gasteiger partial charge in [-0.2, -0.15) is 9.13 Å². The molecule has 2 aromatic heterocycles. The van der Waals surface area contributed by atoms with E-state index in [2.05, 4.69) is 82.2 Å². The highest BCUT2D eigenvalue weighted by Crippen LogP contribution is 2.33. The number of para-hydroxylation sites is 2. The van der Waals surface area contributed by atoms with Crippen molar-refractivity contribution in [2.45, 2.75) is 6.04 Å². The summed E-state index contributed by atoms with van der Waals surface area (Å²) in [5.41, 5.74) is 19.5. The Labute approximate surface area is 200 Å². The van der Waals surface area contributed by atoms with E-state index in [0.717, 1.165) is 33.8 Å². The number of hydrogen-bond acceptors (Lipinski definition) is 2. The molecule has 0 saturated carbocycles. The summed E-state index contributed by atoms with van der Waals surface area (Å²) in [6.07, 6.45) is 16.5. The van der Waals surface area contributed by atoms with Gasteiger partial charge in [0.1, 0.15) is 0 Å². The van der Waals surface area contributed by atoms with E-state index in [4.69, 9.17) is 11.5 Å². The number of nitrogens with zero attached hydrogens (tertiary/aromatic N) is 2. The predicted octanol–water partition coefficient (Wildman–Crippen LogP) is 4.35. The second kappa shape index (κ2) is 9.69. The Morgan fingerprint density at radius 1 is 0.676 bits per heavy atom. The highest BCUT2D eigenvalue weighted by Gasteiger charge is 2.25. The molecular weight excluding hydrogens is 416 g/mol. The molecule has 1 aliphatic rings. The van der Waals surface area contributed by atoms with Crippen LogP contribution in [0, 0.1) is 5.92 Å². The van der Waals surface area contributed by atoms with Crippen LogP contribution in [0.3, 0.4) is 0 Å². The van der Waals surface area contributed by atoms with Crippen LogP contribution in [0.25, 0.3) is 17.1 Å². The van der Waals surface area contributed by atoms with E-state index < -0.39 is 0 Å². The minimum Gasteiger partial charge on any atom is -0.398 e. The van der Waals surface area contributed by atoms with E-state index >= 15 is 0 Å². The zero-order chi connectivity index (χ0) is 23.3. The lowest BCUT2D eigenvalue weighted by atomic mass is 9.83. The van der Waals surface area contributed by atoms with Gasteiger partial charge < -0.3 is 11.5 Å². The zero-order valence-electron chi connectivity index (χ0n) is 18.9. The summed E-state index contributed by atoms with van der Waals surface area (Å²) >= 11 is 0. The Morgan fingerprint density at radius 2 is 1.21 bits per heavy atom. The number of nitrogens with two attached hydrogens (primary N) is 2. The van der Waals surface area contributed by atoms with Gasteiger partial charge in [0.2, 0.25) is 11.4 Å². The molecule has 0 radical (unpaired) electrons. The maximum atomic E-state index is 6.78. The van der Waals surface area contributed by atoms with Crippen LogP contribution in [-0.2, 0) is 0 Å². The molecule has 34 heavy (non-hydrogen) atoms. The number of benzene rings is 2. The topological polar surface area (TPSA) is 59.8 Å². The molecule has 4 nitrogen and oxygen atoms in total. The monoisotopic (exact) mass is 444 g/mol. The van der Waals surface area contributed by atoms with Crippen molar-refractivity contribution < 1.29 is 9.13 Å². The normalized spacial score (nSPS) is 17.4. The molecule has 5 rings (SSSR count). The van der Waals surface area contributed by atoms with Gasteiger partial charge in [0.15, 0.2) is 24.8 Å². The third kappa shape index (κ3) is 4.45. The first-order chi connectivity index (χ1) is 16.7. The van der Waals surface area contributed by atoms with E-state index in [1.807, 2.05) is 60.9 Å². The van der Waals surface area contributed by atoms with Crippen LogP contribution < -0.4 is 20.6 Å². The Hall–Kier alpha value is -4.28. The molecule has 0 fully saturated rings. The van der Waals surface area contributed by atoms with Crippen molar-refractivity contribution in [1.29, 1.82) is 0 Å². The van der Waals surface area contributed by atoms with Crippen LogP contribution in [0.4, 0.5) is 0 Å². The summed E-state index contributed by atoms with van der Waals surface area (Å²) in [6.45, 7) is 0. The Balaban J connectivity index is 1.41. The second-order valence-corrected chi connectivity index (χ2v) is 8.37. The van der Waals surface area contributed by atoms with Gasteiger partial charge in [-0.1, -0.05) is 60.7 Å². The summed E-state index contributed by atoms with van der Waals surface area (Å²) in [7, 11) is 0. The molecule has 0 saturated heterocycles. The lowest BCUT2D eigenvalue weighted by Gasteiger charge is -2.25. The van der Waals surface area contributed by atoms with Gasteiger partial charge in [0.05, 0.1) is 0 Å². The first-order valence-corrected chi connectivity index (χ1v) is 11.4. The highest BCUT2D eigenvalue weighted by atomic mass is 14.9. The molecule has 4 aromatic rings. The van der Waals surface area contributed by atoms with Crippen molar-refractivity contribution in [3.8, 4) is 11.4 Å². The molecule has 4 heteroatoms. The Kier molecular flexibility index (Phi) is 6.15. The maximum Gasteiger partial charge on any atom is 0.210 e. The minimum absolute atomic E-state index is 0.0148. The fourth-order valence-corrected chi connectivity index (χ4v) is 4.33. The van der Waals surface area contributed by atoms with Gasteiger partial charge in [-0.3, -0.25) is 0 Å². The SMILES string of the molecule is N/C(=C1/C=CC=CC1C(N)c1cc[n+](-c2ccccc2)cc1)c1cc[n+](-c2ccccc2)cc1. The highest BCUT2D eigenvalue weighted by molar-refractivity contribution is 5.69. The van der Waals surface area contributed by atoms with Gasteiger partial charge in [-0.05, 0) is 11.1 Å². The van der Waals surface area contributed by atoms with Crippen LogP contribution in [0.5, 0.6) is 0 Å². The average molecular weight is 445 g/mol. The van der Waals surface area contributed by atoms with Crippen molar-refractivity contribution in [3.63, 3.8) is 0 Å². The molecule has 0 aliphatic heterocycles. The van der Waals surface area contributed by atoms with Gasteiger partial charge in [0.25, 0.3) is 0 Å². The third-order valence-corrected chi connectivity index (χ3v) is 6.25. The van der Waals surface area contributed by atoms with Gasteiger partial charge in [-0.15, -0.1) is 0 Å². The standard InChI is InChI=1S/C30H28N4/c31-29(23-15-19-33(20-16-23)25-9-3-1-4-10-25)27-13-7-8-14-28(27)30(32)24-17-21-34(22-18-24)26-11-5-2-6-12-26/h1-22,27,29H,31-32H2/q+2/b30-28-. The maximum absolute atomic E-state index is 6.78. The molecule has 2 aromatic carbocycles. The quantitative estimate of drug-likeness (QED) is 0.450. The molecular formula is C30H28N4+2. The summed E-state index contributed by atoms with van der Waals surface area (Å²) in [4.78, 5) is 0. The number of allylic oxidation sites excluding steroid dienone is 3. The van der Waals surface area contributed by atoms with Crippen LogP contribution in [0.1, 0.15) is 17.2 Å². The molecule has 166 valence electrons. The molecule has 1 aliphatic carbocycles. The first kappa shape index (κ1) is 21.6. The van der Waals surface area contributed by atoms with Crippen LogP contribution in [-0.4, -0.2) is 0 Å². The lowest BCUT2D eigenvalue weighted by Crippen LogP contribution is -2.31.